The van der Waals surface area contributed by atoms with Crippen LogP contribution in [0.2, 0.25) is 0 Å². The van der Waals surface area contributed by atoms with Gasteiger partial charge in [-0.3, -0.25) is 23.7 Å². The van der Waals surface area contributed by atoms with Gasteiger partial charge in [0.2, 0.25) is 34.8 Å². The fourth-order valence-electron chi connectivity index (χ4n) is 5.65. The average Bonchev–Trinajstić information content (AvgIpc) is 3.42. The third-order valence-electron chi connectivity index (χ3n) is 7.91. The van der Waals surface area contributed by atoms with Gasteiger partial charge >= 0.3 is 6.18 Å². The molecule has 0 unspecified atom stereocenters. The highest BCUT2D eigenvalue weighted by molar-refractivity contribution is 6.11. The zero-order valence-corrected chi connectivity index (χ0v) is 24.4. The topological polar surface area (TPSA) is 108 Å². The van der Waals surface area contributed by atoms with Gasteiger partial charge in [0, 0.05) is 7.05 Å². The van der Waals surface area contributed by atoms with E-state index in [4.69, 9.17) is 4.74 Å². The molecule has 16 heteroatoms. The van der Waals surface area contributed by atoms with E-state index in [0.717, 1.165) is 24.7 Å². The molecule has 1 N–H and O–H groups in total. The Kier molecular flexibility index (Phi) is 7.11. The standard InChI is InChI=1S/C32H16F8N2O6/c1-10-4-6-13(11(2)8-10)14-7-5-12(9-15(14)32(38,39)40)42-30(46)17-19(31(42)47)26(18-16(25(17)43)28(44)41(3)29(18)45)48-27-23(36)21(34)20(33)22(35)24(27)37/h4-9,43H,1-3H3. The quantitative estimate of drug-likeness (QED) is 0.141. The van der Waals surface area contributed by atoms with Crippen LogP contribution >= 0.6 is 0 Å². The summed E-state index contributed by atoms with van der Waals surface area (Å²) in [6.07, 6.45) is -5.06. The van der Waals surface area contributed by atoms with Crippen LogP contribution in [-0.4, -0.2) is 14.2 Å². The van der Waals surface area contributed by atoms with Crippen molar-refractivity contribution in [3.05, 3.63) is 124 Å². The highest BCUT2D eigenvalue weighted by Gasteiger charge is 2.37. The molecule has 8 nitrogen and oxygen atoms in total. The molecule has 4 aromatic carbocycles. The molecule has 0 aliphatic carbocycles. The summed E-state index contributed by atoms with van der Waals surface area (Å²) in [5, 5.41) is 6.51. The highest BCUT2D eigenvalue weighted by Crippen LogP contribution is 2.43. The van der Waals surface area contributed by atoms with E-state index in [-0.39, 0.29) is 15.7 Å². The third-order valence-corrected chi connectivity index (χ3v) is 7.91. The lowest BCUT2D eigenvalue weighted by atomic mass is 9.94. The lowest BCUT2D eigenvalue weighted by Crippen LogP contribution is -2.24. The van der Waals surface area contributed by atoms with E-state index in [1.165, 1.54) is 6.07 Å². The summed E-state index contributed by atoms with van der Waals surface area (Å²) in [6, 6.07) is 6.98. The van der Waals surface area contributed by atoms with Gasteiger partial charge in [-0.2, -0.15) is 22.0 Å². The maximum Gasteiger partial charge on any atom is 0.417 e. The zero-order valence-electron chi connectivity index (χ0n) is 24.4. The summed E-state index contributed by atoms with van der Waals surface area (Å²) in [4.78, 5) is 53.4. The number of nitrogens with zero attached hydrogens (tertiary/aromatic N) is 2. The second-order valence-electron chi connectivity index (χ2n) is 10.8. The molecule has 48 heavy (non-hydrogen) atoms. The molecule has 6 aromatic rings. The molecule has 0 amide bonds. The van der Waals surface area contributed by atoms with Crippen molar-refractivity contribution in [3.8, 4) is 34.1 Å². The van der Waals surface area contributed by atoms with Crippen LogP contribution < -0.4 is 27.0 Å². The predicted molar refractivity (Wildman–Crippen MR) is 155 cm³/mol. The number of aromatic hydroxyl groups is 1. The smallest absolute Gasteiger partial charge is 0.417 e. The van der Waals surface area contributed by atoms with Gasteiger partial charge in [-0.05, 0) is 42.7 Å². The van der Waals surface area contributed by atoms with E-state index in [1.54, 1.807) is 26.0 Å². The van der Waals surface area contributed by atoms with Crippen molar-refractivity contribution < 1.29 is 45.0 Å². The first-order valence-corrected chi connectivity index (χ1v) is 13.5. The number of phenols is 1. The Balaban J connectivity index is 1.73. The molecule has 0 atom stereocenters. The van der Waals surface area contributed by atoms with Gasteiger partial charge in [0.1, 0.15) is 16.5 Å². The van der Waals surface area contributed by atoms with E-state index in [0.29, 0.717) is 16.2 Å². The van der Waals surface area contributed by atoms with Gasteiger partial charge < -0.3 is 9.84 Å². The second-order valence-corrected chi connectivity index (χ2v) is 10.8. The number of hydrogen-bond acceptors (Lipinski definition) is 6. The summed E-state index contributed by atoms with van der Waals surface area (Å²) in [6.45, 7) is 3.29. The Morgan fingerprint density at radius 1 is 0.646 bits per heavy atom. The zero-order chi connectivity index (χ0) is 35.3. The van der Waals surface area contributed by atoms with E-state index >= 15 is 0 Å². The van der Waals surface area contributed by atoms with Crippen LogP contribution in [-0.2, 0) is 13.2 Å². The van der Waals surface area contributed by atoms with Crippen molar-refractivity contribution in [3.63, 3.8) is 0 Å². The normalized spacial score (nSPS) is 12.1. The van der Waals surface area contributed by atoms with Crippen LogP contribution in [0.4, 0.5) is 35.1 Å². The van der Waals surface area contributed by atoms with Crippen molar-refractivity contribution in [1.82, 2.24) is 9.13 Å². The van der Waals surface area contributed by atoms with Gasteiger partial charge in [0.25, 0.3) is 22.2 Å². The summed E-state index contributed by atoms with van der Waals surface area (Å²) in [5.74, 6) is -17.5. The van der Waals surface area contributed by atoms with Crippen molar-refractivity contribution in [1.29, 1.82) is 0 Å². The van der Waals surface area contributed by atoms with E-state index < -0.39 is 108 Å². The molecule has 246 valence electrons. The number of rotatable bonds is 4. The Labute approximate surface area is 260 Å². The average molecular weight is 676 g/mol. The molecule has 0 radical (unpaired) electrons. The first kappa shape index (κ1) is 32.2. The summed E-state index contributed by atoms with van der Waals surface area (Å²) in [5.41, 5.74) is -6.91. The summed E-state index contributed by atoms with van der Waals surface area (Å²) in [7, 11) is 0.864. The molecule has 6 rings (SSSR count). The van der Waals surface area contributed by atoms with Crippen LogP contribution in [0.25, 0.3) is 38.4 Å². The van der Waals surface area contributed by atoms with E-state index in [9.17, 15) is 59.4 Å². The number of halogens is 8. The minimum absolute atomic E-state index is 0.102. The van der Waals surface area contributed by atoms with Crippen LogP contribution in [0.3, 0.4) is 0 Å². The fraction of sp³-hybridized carbons (Fsp3) is 0.125. The lowest BCUT2D eigenvalue weighted by Gasteiger charge is -2.16. The molecule has 2 aromatic heterocycles. The SMILES string of the molecule is Cc1ccc(-c2ccc(-n3c(=O)c4c(O)c5c(=O)n(C)c(=O)c5c(Oc5c(F)c(F)c(F)c(F)c5F)c4c3=O)cc2C(F)(F)F)c(C)c1. The second kappa shape index (κ2) is 10.6. The van der Waals surface area contributed by atoms with E-state index in [2.05, 4.69) is 0 Å². The molecule has 0 saturated heterocycles. The molecule has 0 fully saturated rings. The minimum atomic E-state index is -5.06. The van der Waals surface area contributed by atoms with Gasteiger partial charge in [0.05, 0.1) is 22.0 Å². The Morgan fingerprint density at radius 3 is 1.73 bits per heavy atom. The molecular formula is C32H16F8N2O6. The molecule has 0 bridgehead atoms. The van der Waals surface area contributed by atoms with Gasteiger partial charge in [-0.15, -0.1) is 0 Å². The molecule has 0 saturated carbocycles. The number of aromatic nitrogens is 2. The Morgan fingerprint density at radius 2 is 1.15 bits per heavy atom. The van der Waals surface area contributed by atoms with Gasteiger partial charge in [-0.1, -0.05) is 29.8 Å². The number of fused-ring (bicyclic) bond motifs is 2. The van der Waals surface area contributed by atoms with Crippen LogP contribution in [0.1, 0.15) is 16.7 Å². The number of benzene rings is 4. The molecule has 0 aliphatic heterocycles. The maximum absolute atomic E-state index is 14.7. The first-order chi connectivity index (χ1) is 22.4. The Bertz CT molecular complexity index is 2580. The molecular weight excluding hydrogens is 660 g/mol. The number of ether oxygens (including phenoxy) is 1. The van der Waals surface area contributed by atoms with Gasteiger partial charge in [-0.25, -0.2) is 17.7 Å². The largest absolute Gasteiger partial charge is 0.506 e. The number of phenolic OH excluding ortho intramolecular Hbond substituents is 1. The minimum Gasteiger partial charge on any atom is -0.506 e. The van der Waals surface area contributed by atoms with E-state index in [1.807, 2.05) is 0 Å². The molecule has 0 aliphatic rings. The maximum atomic E-state index is 14.7. The summed E-state index contributed by atoms with van der Waals surface area (Å²) < 4.78 is 120. The van der Waals surface area contributed by atoms with Gasteiger partial charge in [0.15, 0.2) is 5.75 Å². The molecule has 2 heterocycles. The molecule has 0 spiro atoms. The van der Waals surface area contributed by atoms with Crippen molar-refractivity contribution in [2.24, 2.45) is 7.05 Å². The van der Waals surface area contributed by atoms with Crippen LogP contribution in [0, 0.1) is 42.9 Å². The third kappa shape index (κ3) is 4.42. The van der Waals surface area contributed by atoms with Crippen molar-refractivity contribution in [2.75, 3.05) is 0 Å². The lowest BCUT2D eigenvalue weighted by molar-refractivity contribution is -0.137. The number of hydrogen-bond donors (Lipinski definition) is 1. The van der Waals surface area contributed by atoms with Crippen molar-refractivity contribution in [2.45, 2.75) is 20.0 Å². The van der Waals surface area contributed by atoms with Crippen LogP contribution in [0.5, 0.6) is 17.2 Å². The summed E-state index contributed by atoms with van der Waals surface area (Å²) >= 11 is 0. The Hall–Kier alpha value is -5.80. The van der Waals surface area contributed by atoms with Crippen molar-refractivity contribution >= 4 is 21.5 Å². The fourth-order valence-corrected chi connectivity index (χ4v) is 5.65. The highest BCUT2D eigenvalue weighted by atomic mass is 19.4. The number of aryl methyl sites for hydroxylation is 2. The van der Waals surface area contributed by atoms with Crippen LogP contribution in [0.15, 0.2) is 55.6 Å². The first-order valence-electron chi connectivity index (χ1n) is 13.5. The monoisotopic (exact) mass is 676 g/mol. The number of alkyl halides is 3. The predicted octanol–water partition coefficient (Wildman–Crippen LogP) is 5.93.